The van der Waals surface area contributed by atoms with Crippen LogP contribution >= 0.6 is 11.6 Å². The molecule has 6 nitrogen and oxygen atoms in total. The van der Waals surface area contributed by atoms with Crippen LogP contribution in [-0.2, 0) is 30.4 Å². The molecule has 0 spiro atoms. The molecule has 0 heterocycles. The van der Waals surface area contributed by atoms with E-state index < -0.39 is 33.7 Å². The van der Waals surface area contributed by atoms with Crippen molar-refractivity contribution in [2.24, 2.45) is 5.41 Å². The summed E-state index contributed by atoms with van der Waals surface area (Å²) in [6.07, 6.45) is -1.85. The summed E-state index contributed by atoms with van der Waals surface area (Å²) in [5.74, 6) is -1.17. The average molecular weight is 393 g/mol. The van der Waals surface area contributed by atoms with Gasteiger partial charge in [-0.15, -0.1) is 11.6 Å². The minimum atomic E-state index is -3.79. The highest BCUT2D eigenvalue weighted by Gasteiger charge is 2.43. The molecule has 0 aromatic heterocycles. The molecular formula is C17H25ClO6S. The fourth-order valence-corrected chi connectivity index (χ4v) is 3.77. The first-order chi connectivity index (χ1) is 11.6. The van der Waals surface area contributed by atoms with Gasteiger partial charge >= 0.3 is 5.97 Å². The van der Waals surface area contributed by atoms with E-state index >= 15 is 0 Å². The van der Waals surface area contributed by atoms with Crippen molar-refractivity contribution in [1.82, 2.24) is 0 Å². The molecule has 0 saturated carbocycles. The van der Waals surface area contributed by atoms with Crippen molar-refractivity contribution in [3.63, 3.8) is 0 Å². The van der Waals surface area contributed by atoms with Gasteiger partial charge in [0.25, 0.3) is 10.1 Å². The summed E-state index contributed by atoms with van der Waals surface area (Å²) in [6.45, 7) is 4.85. The third kappa shape index (κ3) is 6.93. The number of alkyl halides is 1. The van der Waals surface area contributed by atoms with E-state index in [1.54, 1.807) is 13.8 Å². The zero-order valence-electron chi connectivity index (χ0n) is 14.6. The van der Waals surface area contributed by atoms with Gasteiger partial charge in [-0.25, -0.2) is 4.79 Å². The summed E-state index contributed by atoms with van der Waals surface area (Å²) in [7, 11) is -3.79. The summed E-state index contributed by atoms with van der Waals surface area (Å²) < 4.78 is 34.6. The highest BCUT2D eigenvalue weighted by molar-refractivity contribution is 7.86. The molecule has 1 rings (SSSR count). The molecule has 25 heavy (non-hydrogen) atoms. The quantitative estimate of drug-likeness (QED) is 0.459. The number of benzene rings is 1. The number of halogens is 1. The number of carboxylic acid groups (broad SMARTS) is 1. The Bertz CT molecular complexity index is 644. The summed E-state index contributed by atoms with van der Waals surface area (Å²) in [4.78, 5) is 11.7. The molecule has 0 fully saturated rings. The van der Waals surface area contributed by atoms with Crippen LogP contribution in [0.2, 0.25) is 0 Å². The Labute approximate surface area is 154 Å². The van der Waals surface area contributed by atoms with Gasteiger partial charge in [-0.05, 0) is 18.9 Å². The lowest BCUT2D eigenvalue weighted by molar-refractivity contribution is -0.165. The maximum absolute atomic E-state index is 11.9. The Hall–Kier alpha value is -1.15. The SMILES string of the molecule is CC(OS(=O)(=O)CCCCl)C(C)(C)[C@@H](OCc1ccccc1)C(=O)O. The fraction of sp³-hybridized carbons (Fsp3) is 0.588. The first kappa shape index (κ1) is 21.9. The van der Waals surface area contributed by atoms with Gasteiger partial charge in [-0.1, -0.05) is 44.2 Å². The lowest BCUT2D eigenvalue weighted by Gasteiger charge is -2.36. The lowest BCUT2D eigenvalue weighted by atomic mass is 9.81. The first-order valence-corrected chi connectivity index (χ1v) is 10.1. The normalized spacial score (nSPS) is 14.9. The van der Waals surface area contributed by atoms with E-state index in [4.69, 9.17) is 20.5 Å². The highest BCUT2D eigenvalue weighted by Crippen LogP contribution is 2.32. The molecule has 1 unspecified atom stereocenters. The lowest BCUT2D eigenvalue weighted by Crippen LogP contribution is -2.47. The van der Waals surface area contributed by atoms with E-state index in [-0.39, 0.29) is 24.7 Å². The number of hydrogen-bond acceptors (Lipinski definition) is 5. The molecule has 0 aliphatic heterocycles. The van der Waals surface area contributed by atoms with E-state index in [9.17, 15) is 18.3 Å². The number of rotatable bonds is 11. The Morgan fingerprint density at radius 2 is 1.88 bits per heavy atom. The van der Waals surface area contributed by atoms with Crippen LogP contribution in [0.15, 0.2) is 30.3 Å². The molecule has 0 amide bonds. The number of hydrogen-bond donors (Lipinski definition) is 1. The highest BCUT2D eigenvalue weighted by atomic mass is 35.5. The first-order valence-electron chi connectivity index (χ1n) is 7.95. The number of carbonyl (C=O) groups is 1. The van der Waals surface area contributed by atoms with Crippen LogP contribution in [0.3, 0.4) is 0 Å². The predicted molar refractivity (Wildman–Crippen MR) is 96.1 cm³/mol. The molecule has 0 aliphatic carbocycles. The smallest absolute Gasteiger partial charge is 0.333 e. The van der Waals surface area contributed by atoms with Gasteiger partial charge in [0.15, 0.2) is 6.10 Å². The van der Waals surface area contributed by atoms with Gasteiger partial charge in [0.1, 0.15) is 0 Å². The maximum atomic E-state index is 11.9. The van der Waals surface area contributed by atoms with Gasteiger partial charge in [-0.3, -0.25) is 4.18 Å². The second-order valence-electron chi connectivity index (χ2n) is 6.38. The van der Waals surface area contributed by atoms with Crippen LogP contribution in [-0.4, -0.2) is 43.3 Å². The van der Waals surface area contributed by atoms with Gasteiger partial charge < -0.3 is 9.84 Å². The van der Waals surface area contributed by atoms with E-state index in [0.29, 0.717) is 0 Å². The topological polar surface area (TPSA) is 89.9 Å². The predicted octanol–water partition coefficient (Wildman–Crippen LogP) is 3.05. The minimum Gasteiger partial charge on any atom is -0.479 e. The molecule has 1 N–H and O–H groups in total. The zero-order chi connectivity index (χ0) is 19.1. The largest absolute Gasteiger partial charge is 0.479 e. The van der Waals surface area contributed by atoms with Crippen molar-refractivity contribution in [3.05, 3.63) is 35.9 Å². The third-order valence-electron chi connectivity index (χ3n) is 4.03. The fourth-order valence-electron chi connectivity index (χ4n) is 2.19. The second-order valence-corrected chi connectivity index (χ2v) is 8.47. The van der Waals surface area contributed by atoms with Gasteiger partial charge in [-0.2, -0.15) is 8.42 Å². The molecule has 0 saturated heterocycles. The average Bonchev–Trinajstić information content (AvgIpc) is 2.53. The maximum Gasteiger partial charge on any atom is 0.333 e. The van der Waals surface area contributed by atoms with Crippen molar-refractivity contribution in [1.29, 1.82) is 0 Å². The molecule has 142 valence electrons. The number of aliphatic carboxylic acids is 1. The molecule has 1 aromatic carbocycles. The molecule has 0 aliphatic rings. The van der Waals surface area contributed by atoms with Crippen LogP contribution < -0.4 is 0 Å². The molecule has 1 aromatic rings. The van der Waals surface area contributed by atoms with E-state index in [1.165, 1.54) is 6.92 Å². The van der Waals surface area contributed by atoms with Crippen molar-refractivity contribution in [3.8, 4) is 0 Å². The summed E-state index contributed by atoms with van der Waals surface area (Å²) >= 11 is 5.51. The van der Waals surface area contributed by atoms with Crippen LogP contribution in [0.4, 0.5) is 0 Å². The molecule has 0 radical (unpaired) electrons. The van der Waals surface area contributed by atoms with Crippen molar-refractivity contribution < 1.29 is 27.2 Å². The second kappa shape index (κ2) is 9.52. The Morgan fingerprint density at radius 3 is 2.40 bits per heavy atom. The van der Waals surface area contributed by atoms with Gasteiger partial charge in [0.2, 0.25) is 0 Å². The summed E-state index contributed by atoms with van der Waals surface area (Å²) in [5, 5.41) is 9.53. The molecule has 0 bridgehead atoms. The van der Waals surface area contributed by atoms with E-state index in [2.05, 4.69) is 0 Å². The van der Waals surface area contributed by atoms with Crippen molar-refractivity contribution in [2.75, 3.05) is 11.6 Å². The molecule has 8 heteroatoms. The number of ether oxygens (including phenoxy) is 1. The molecular weight excluding hydrogens is 368 g/mol. The van der Waals surface area contributed by atoms with E-state index in [0.717, 1.165) is 5.56 Å². The van der Waals surface area contributed by atoms with Crippen LogP contribution in [0.25, 0.3) is 0 Å². The van der Waals surface area contributed by atoms with Gasteiger partial charge in [0, 0.05) is 11.3 Å². The third-order valence-corrected chi connectivity index (χ3v) is 5.66. The van der Waals surface area contributed by atoms with E-state index in [1.807, 2.05) is 30.3 Å². The monoisotopic (exact) mass is 392 g/mol. The summed E-state index contributed by atoms with van der Waals surface area (Å²) in [5.41, 5.74) is -0.248. The standard InChI is InChI=1S/C17H25ClO6S/c1-13(24-25(21,22)11-7-10-18)17(2,3)15(16(19)20)23-12-14-8-5-4-6-9-14/h4-6,8-9,13,15H,7,10-12H2,1-3H3,(H,19,20)/t13?,15-/m0/s1. The summed E-state index contributed by atoms with van der Waals surface area (Å²) in [6, 6.07) is 9.15. The molecule has 2 atom stereocenters. The van der Waals surface area contributed by atoms with Crippen molar-refractivity contribution in [2.45, 2.75) is 46.0 Å². The van der Waals surface area contributed by atoms with Crippen LogP contribution in [0.1, 0.15) is 32.8 Å². The number of carboxylic acids is 1. The Kier molecular flexibility index (Phi) is 8.34. The van der Waals surface area contributed by atoms with Crippen LogP contribution in [0.5, 0.6) is 0 Å². The zero-order valence-corrected chi connectivity index (χ0v) is 16.2. The minimum absolute atomic E-state index is 0.104. The van der Waals surface area contributed by atoms with Crippen LogP contribution in [0, 0.1) is 5.41 Å². The van der Waals surface area contributed by atoms with Gasteiger partial charge in [0.05, 0.1) is 18.5 Å². The van der Waals surface area contributed by atoms with Crippen molar-refractivity contribution >= 4 is 27.7 Å². The Balaban J connectivity index is 2.83. The Morgan fingerprint density at radius 1 is 1.28 bits per heavy atom.